The summed E-state index contributed by atoms with van der Waals surface area (Å²) in [6.07, 6.45) is 2.67. The summed E-state index contributed by atoms with van der Waals surface area (Å²) in [5.74, 6) is -0.377. The largest absolute Gasteiger partial charge is 0.340 e. The van der Waals surface area contributed by atoms with Gasteiger partial charge in [0.25, 0.3) is 5.91 Å². The molecule has 1 amide bonds. The lowest BCUT2D eigenvalue weighted by molar-refractivity contribution is 0.0790. The van der Waals surface area contributed by atoms with Crippen LogP contribution in [0.15, 0.2) is 24.3 Å². The number of aromatic nitrogens is 3. The molecule has 0 aliphatic carbocycles. The van der Waals surface area contributed by atoms with Crippen LogP contribution >= 0.6 is 12.4 Å². The van der Waals surface area contributed by atoms with Gasteiger partial charge in [-0.15, -0.1) is 17.5 Å². The van der Waals surface area contributed by atoms with Gasteiger partial charge in [0.2, 0.25) is 0 Å². The summed E-state index contributed by atoms with van der Waals surface area (Å²) < 4.78 is 14.8. The molecule has 2 aromatic rings. The molecule has 1 aliphatic heterocycles. The van der Waals surface area contributed by atoms with Crippen molar-refractivity contribution in [3.63, 3.8) is 0 Å². The number of halogens is 2. The monoisotopic (exact) mass is 381 g/mol. The van der Waals surface area contributed by atoms with Crippen molar-refractivity contribution in [1.82, 2.24) is 25.2 Å². The molecule has 1 aromatic carbocycles. The molecule has 2 heterocycles. The summed E-state index contributed by atoms with van der Waals surface area (Å²) in [5.41, 5.74) is 2.24. The first-order valence-electron chi connectivity index (χ1n) is 8.68. The van der Waals surface area contributed by atoms with Crippen molar-refractivity contribution >= 4 is 18.3 Å². The van der Waals surface area contributed by atoms with Crippen LogP contribution in [0.4, 0.5) is 4.39 Å². The van der Waals surface area contributed by atoms with Gasteiger partial charge in [0.15, 0.2) is 5.69 Å². The number of hydrogen-bond acceptors (Lipinski definition) is 4. The minimum Gasteiger partial charge on any atom is -0.340 e. The molecule has 0 spiro atoms. The molecule has 26 heavy (non-hydrogen) atoms. The number of carbonyl (C=O) groups excluding carboxylic acids is 1. The fourth-order valence-corrected chi connectivity index (χ4v) is 3.17. The predicted molar refractivity (Wildman–Crippen MR) is 100 cm³/mol. The van der Waals surface area contributed by atoms with Crippen LogP contribution in [0, 0.1) is 12.7 Å². The number of rotatable bonds is 5. The molecule has 1 aromatic heterocycles. The molecular weight excluding hydrogens is 357 g/mol. The van der Waals surface area contributed by atoms with E-state index in [1.54, 1.807) is 24.1 Å². The molecule has 1 aliphatic rings. The first-order valence-corrected chi connectivity index (χ1v) is 8.68. The van der Waals surface area contributed by atoms with Crippen molar-refractivity contribution in [2.24, 2.45) is 0 Å². The number of benzene rings is 1. The van der Waals surface area contributed by atoms with Crippen LogP contribution in [-0.2, 0) is 6.42 Å². The van der Waals surface area contributed by atoms with E-state index >= 15 is 0 Å². The molecule has 0 atom stereocenters. The van der Waals surface area contributed by atoms with Crippen LogP contribution in [0.25, 0.3) is 0 Å². The van der Waals surface area contributed by atoms with Gasteiger partial charge in [0.1, 0.15) is 5.82 Å². The minimum absolute atomic E-state index is 0. The lowest BCUT2D eigenvalue weighted by Crippen LogP contribution is -2.31. The van der Waals surface area contributed by atoms with Crippen molar-refractivity contribution in [2.45, 2.75) is 32.2 Å². The van der Waals surface area contributed by atoms with Gasteiger partial charge in [0, 0.05) is 13.6 Å². The highest BCUT2D eigenvalue weighted by molar-refractivity contribution is 5.93. The minimum atomic E-state index is -0.252. The van der Waals surface area contributed by atoms with Crippen molar-refractivity contribution in [3.05, 3.63) is 47.0 Å². The maximum atomic E-state index is 12.9. The number of piperidine rings is 1. The van der Waals surface area contributed by atoms with Crippen LogP contribution in [-0.4, -0.2) is 52.5 Å². The van der Waals surface area contributed by atoms with Gasteiger partial charge in [-0.05, 0) is 57.0 Å². The molecule has 1 N–H and O–H groups in total. The molecule has 8 heteroatoms. The normalized spacial score (nSPS) is 14.7. The third kappa shape index (κ3) is 4.59. The average Bonchev–Trinajstić information content (AvgIpc) is 3.02. The maximum absolute atomic E-state index is 12.9. The van der Waals surface area contributed by atoms with E-state index in [0.717, 1.165) is 37.2 Å². The Labute approximate surface area is 159 Å². The second-order valence-electron chi connectivity index (χ2n) is 6.55. The topological polar surface area (TPSA) is 63.1 Å². The number of nitrogens with one attached hydrogen (secondary N) is 1. The fourth-order valence-electron chi connectivity index (χ4n) is 3.17. The zero-order valence-corrected chi connectivity index (χ0v) is 15.9. The van der Waals surface area contributed by atoms with Gasteiger partial charge in [-0.2, -0.15) is 0 Å². The van der Waals surface area contributed by atoms with E-state index in [1.165, 1.54) is 12.1 Å². The van der Waals surface area contributed by atoms with Crippen LogP contribution in [0.2, 0.25) is 0 Å². The van der Waals surface area contributed by atoms with Crippen molar-refractivity contribution in [2.75, 3.05) is 26.7 Å². The van der Waals surface area contributed by atoms with Crippen molar-refractivity contribution < 1.29 is 9.18 Å². The van der Waals surface area contributed by atoms with Gasteiger partial charge in [-0.3, -0.25) is 4.79 Å². The molecule has 1 saturated heterocycles. The van der Waals surface area contributed by atoms with E-state index in [4.69, 9.17) is 0 Å². The third-order valence-electron chi connectivity index (χ3n) is 4.78. The smallest absolute Gasteiger partial charge is 0.276 e. The Morgan fingerprint density at radius 3 is 2.62 bits per heavy atom. The average molecular weight is 382 g/mol. The first-order chi connectivity index (χ1) is 12.1. The quantitative estimate of drug-likeness (QED) is 0.863. The highest BCUT2D eigenvalue weighted by atomic mass is 35.5. The number of nitrogens with zero attached hydrogens (tertiary/aromatic N) is 4. The number of carbonyl (C=O) groups is 1. The van der Waals surface area contributed by atoms with E-state index in [1.807, 2.05) is 11.6 Å². The van der Waals surface area contributed by atoms with E-state index in [-0.39, 0.29) is 24.1 Å². The summed E-state index contributed by atoms with van der Waals surface area (Å²) in [5, 5.41) is 11.7. The maximum Gasteiger partial charge on any atom is 0.276 e. The molecule has 6 nitrogen and oxygen atoms in total. The van der Waals surface area contributed by atoms with E-state index in [9.17, 15) is 9.18 Å². The zero-order valence-electron chi connectivity index (χ0n) is 15.1. The lowest BCUT2D eigenvalue weighted by Gasteiger charge is -2.23. The molecule has 0 bridgehead atoms. The standard InChI is InChI=1S/C18H24FN5O.ClH/c1-13-17(21-22-24(13)16-7-10-20-11-8-16)18(25)23(2)12-9-14-3-5-15(19)6-4-14;/h3-6,16,20H,7-12H2,1-2H3;1H. The summed E-state index contributed by atoms with van der Waals surface area (Å²) in [7, 11) is 1.76. The van der Waals surface area contributed by atoms with Crippen LogP contribution < -0.4 is 5.32 Å². The summed E-state index contributed by atoms with van der Waals surface area (Å²) in [4.78, 5) is 14.3. The van der Waals surface area contributed by atoms with Gasteiger partial charge in [-0.25, -0.2) is 9.07 Å². The Morgan fingerprint density at radius 1 is 1.31 bits per heavy atom. The molecular formula is C18H25ClFN5O. The zero-order chi connectivity index (χ0) is 17.8. The molecule has 142 valence electrons. The van der Waals surface area contributed by atoms with Gasteiger partial charge in [-0.1, -0.05) is 17.3 Å². The number of likely N-dealkylation sites (N-methyl/N-ethyl adjacent to an activating group) is 1. The second-order valence-corrected chi connectivity index (χ2v) is 6.55. The van der Waals surface area contributed by atoms with Crippen LogP contribution in [0.1, 0.15) is 40.6 Å². The SMILES string of the molecule is Cc1c(C(=O)N(C)CCc2ccc(F)cc2)nnn1C1CCNCC1.Cl. The third-order valence-corrected chi connectivity index (χ3v) is 4.78. The Balaban J connectivity index is 0.00000243. The highest BCUT2D eigenvalue weighted by Crippen LogP contribution is 2.20. The number of hydrogen-bond donors (Lipinski definition) is 1. The Morgan fingerprint density at radius 2 is 1.96 bits per heavy atom. The summed E-state index contributed by atoms with van der Waals surface area (Å²) in [6, 6.07) is 6.66. The van der Waals surface area contributed by atoms with Gasteiger partial charge in [0.05, 0.1) is 11.7 Å². The summed E-state index contributed by atoms with van der Waals surface area (Å²) in [6.45, 7) is 4.38. The van der Waals surface area contributed by atoms with Gasteiger partial charge < -0.3 is 10.2 Å². The summed E-state index contributed by atoms with van der Waals surface area (Å²) >= 11 is 0. The second kappa shape index (κ2) is 9.09. The Bertz CT molecular complexity index is 728. The van der Waals surface area contributed by atoms with Crippen molar-refractivity contribution in [1.29, 1.82) is 0 Å². The van der Waals surface area contributed by atoms with Crippen LogP contribution in [0.5, 0.6) is 0 Å². The first kappa shape index (κ1) is 20.3. The van der Waals surface area contributed by atoms with E-state index in [0.29, 0.717) is 24.7 Å². The highest BCUT2D eigenvalue weighted by Gasteiger charge is 2.24. The van der Waals surface area contributed by atoms with Crippen molar-refractivity contribution in [3.8, 4) is 0 Å². The van der Waals surface area contributed by atoms with E-state index in [2.05, 4.69) is 15.6 Å². The van der Waals surface area contributed by atoms with E-state index < -0.39 is 0 Å². The lowest BCUT2D eigenvalue weighted by atomic mass is 10.1. The predicted octanol–water partition coefficient (Wildman–Crippen LogP) is 2.39. The van der Waals surface area contributed by atoms with Gasteiger partial charge >= 0.3 is 0 Å². The molecule has 0 saturated carbocycles. The Kier molecular flexibility index (Phi) is 7.11. The van der Waals surface area contributed by atoms with Crippen LogP contribution in [0.3, 0.4) is 0 Å². The molecule has 1 fully saturated rings. The number of amides is 1. The fraction of sp³-hybridized carbons (Fsp3) is 0.500. The molecule has 3 rings (SSSR count). The Hall–Kier alpha value is -1.99. The molecule has 0 unspecified atom stereocenters. The molecule has 0 radical (unpaired) electrons.